The molecular weight excluding hydrogens is 234 g/mol. The van der Waals surface area contributed by atoms with Crippen LogP contribution in [-0.2, 0) is 4.79 Å². The number of allylic oxidation sites excluding steroid dienone is 1. The Morgan fingerprint density at radius 1 is 0.947 bits per heavy atom. The van der Waals surface area contributed by atoms with Crippen molar-refractivity contribution in [2.45, 2.75) is 13.8 Å². The molecule has 0 aliphatic rings. The molecule has 0 saturated heterocycles. The van der Waals surface area contributed by atoms with Crippen LogP contribution in [0.25, 0.3) is 11.1 Å². The zero-order valence-corrected chi connectivity index (χ0v) is 11.2. The van der Waals surface area contributed by atoms with E-state index in [-0.39, 0.29) is 5.91 Å². The van der Waals surface area contributed by atoms with Crippen LogP contribution in [0.5, 0.6) is 0 Å². The first-order chi connectivity index (χ1) is 9.16. The van der Waals surface area contributed by atoms with E-state index in [0.717, 1.165) is 22.4 Å². The Kier molecular flexibility index (Phi) is 4.14. The number of carbonyl (C=O) groups is 1. The van der Waals surface area contributed by atoms with Gasteiger partial charge in [0.05, 0.1) is 0 Å². The highest BCUT2D eigenvalue weighted by Gasteiger charge is 2.06. The molecule has 0 unspecified atom stereocenters. The van der Waals surface area contributed by atoms with E-state index in [1.807, 2.05) is 68.4 Å². The molecule has 0 spiro atoms. The smallest absolute Gasteiger partial charge is 0.248 e. The van der Waals surface area contributed by atoms with Gasteiger partial charge in [-0.3, -0.25) is 4.79 Å². The lowest BCUT2D eigenvalue weighted by Crippen LogP contribution is -2.09. The van der Waals surface area contributed by atoms with Gasteiger partial charge >= 0.3 is 0 Å². The maximum absolute atomic E-state index is 11.8. The molecule has 2 nitrogen and oxygen atoms in total. The first kappa shape index (κ1) is 13.1. The lowest BCUT2D eigenvalue weighted by atomic mass is 10.0. The Hall–Kier alpha value is -2.35. The van der Waals surface area contributed by atoms with Crippen molar-refractivity contribution in [3.63, 3.8) is 0 Å². The average Bonchev–Trinajstić information content (AvgIpc) is 2.39. The number of para-hydroxylation sites is 1. The lowest BCUT2D eigenvalue weighted by Gasteiger charge is -2.10. The standard InChI is InChI=1S/C17H17NO/c1-13(2)12-17(19)18-16-11-7-6-10-15(16)14-8-4-3-5-9-14/h3-12H,1-2H3,(H,18,19). The van der Waals surface area contributed by atoms with Gasteiger partial charge in [0, 0.05) is 17.3 Å². The van der Waals surface area contributed by atoms with Crippen molar-refractivity contribution >= 4 is 11.6 Å². The van der Waals surface area contributed by atoms with E-state index in [1.165, 1.54) is 0 Å². The number of rotatable bonds is 3. The van der Waals surface area contributed by atoms with E-state index in [4.69, 9.17) is 0 Å². The fourth-order valence-electron chi connectivity index (χ4n) is 1.89. The van der Waals surface area contributed by atoms with Crippen LogP contribution in [-0.4, -0.2) is 5.91 Å². The summed E-state index contributed by atoms with van der Waals surface area (Å²) in [5, 5.41) is 2.93. The predicted octanol–water partition coefficient (Wildman–Crippen LogP) is 4.26. The fourth-order valence-corrected chi connectivity index (χ4v) is 1.89. The molecule has 19 heavy (non-hydrogen) atoms. The Labute approximate surface area is 113 Å². The van der Waals surface area contributed by atoms with E-state index >= 15 is 0 Å². The number of hydrogen-bond donors (Lipinski definition) is 1. The molecular formula is C17H17NO. The number of carbonyl (C=O) groups excluding carboxylic acids is 1. The summed E-state index contributed by atoms with van der Waals surface area (Å²) in [7, 11) is 0. The first-order valence-electron chi connectivity index (χ1n) is 6.27. The highest BCUT2D eigenvalue weighted by molar-refractivity contribution is 6.02. The molecule has 2 rings (SSSR count). The number of benzene rings is 2. The molecule has 0 atom stereocenters. The molecule has 0 saturated carbocycles. The second-order valence-corrected chi connectivity index (χ2v) is 4.62. The van der Waals surface area contributed by atoms with Gasteiger partial charge in [-0.05, 0) is 25.5 Å². The largest absolute Gasteiger partial charge is 0.322 e. The predicted molar refractivity (Wildman–Crippen MR) is 79.9 cm³/mol. The Bertz CT molecular complexity index is 596. The molecule has 2 aromatic carbocycles. The molecule has 1 amide bonds. The van der Waals surface area contributed by atoms with Gasteiger partial charge in [-0.2, -0.15) is 0 Å². The van der Waals surface area contributed by atoms with Gasteiger partial charge in [0.1, 0.15) is 0 Å². The minimum Gasteiger partial charge on any atom is -0.322 e. The van der Waals surface area contributed by atoms with Gasteiger partial charge in [0.2, 0.25) is 5.91 Å². The summed E-state index contributed by atoms with van der Waals surface area (Å²) in [4.78, 5) is 11.8. The highest BCUT2D eigenvalue weighted by atomic mass is 16.1. The van der Waals surface area contributed by atoms with Gasteiger partial charge in [0.25, 0.3) is 0 Å². The molecule has 0 heterocycles. The van der Waals surface area contributed by atoms with Crippen LogP contribution in [0.4, 0.5) is 5.69 Å². The van der Waals surface area contributed by atoms with E-state index < -0.39 is 0 Å². The van der Waals surface area contributed by atoms with Crippen LogP contribution < -0.4 is 5.32 Å². The van der Waals surface area contributed by atoms with Crippen LogP contribution in [0.15, 0.2) is 66.2 Å². The van der Waals surface area contributed by atoms with E-state index in [1.54, 1.807) is 6.08 Å². The van der Waals surface area contributed by atoms with Gasteiger partial charge in [0.15, 0.2) is 0 Å². The molecule has 1 N–H and O–H groups in total. The van der Waals surface area contributed by atoms with Crippen LogP contribution in [0.3, 0.4) is 0 Å². The maximum Gasteiger partial charge on any atom is 0.248 e. The summed E-state index contributed by atoms with van der Waals surface area (Å²) in [6, 6.07) is 17.8. The van der Waals surface area contributed by atoms with Crippen molar-refractivity contribution in [3.8, 4) is 11.1 Å². The van der Waals surface area contributed by atoms with Crippen LogP contribution in [0.1, 0.15) is 13.8 Å². The Morgan fingerprint density at radius 2 is 1.58 bits per heavy atom. The summed E-state index contributed by atoms with van der Waals surface area (Å²) in [6.07, 6.45) is 1.60. The maximum atomic E-state index is 11.8. The third kappa shape index (κ3) is 3.55. The van der Waals surface area contributed by atoms with Crippen LogP contribution >= 0.6 is 0 Å². The zero-order valence-electron chi connectivity index (χ0n) is 11.2. The summed E-state index contributed by atoms with van der Waals surface area (Å²) in [6.45, 7) is 3.81. The van der Waals surface area contributed by atoms with Crippen molar-refractivity contribution in [2.75, 3.05) is 5.32 Å². The number of amides is 1. The molecule has 0 aliphatic heterocycles. The first-order valence-corrected chi connectivity index (χ1v) is 6.27. The molecule has 0 radical (unpaired) electrons. The van der Waals surface area contributed by atoms with Crippen molar-refractivity contribution in [1.29, 1.82) is 0 Å². The molecule has 2 aromatic rings. The van der Waals surface area contributed by atoms with Crippen molar-refractivity contribution in [2.24, 2.45) is 0 Å². The normalized spacial score (nSPS) is 9.79. The third-order valence-corrected chi connectivity index (χ3v) is 2.69. The zero-order chi connectivity index (χ0) is 13.7. The topological polar surface area (TPSA) is 29.1 Å². The number of hydrogen-bond acceptors (Lipinski definition) is 1. The van der Waals surface area contributed by atoms with Gasteiger partial charge in [-0.25, -0.2) is 0 Å². The second kappa shape index (κ2) is 6.01. The van der Waals surface area contributed by atoms with Crippen LogP contribution in [0, 0.1) is 0 Å². The van der Waals surface area contributed by atoms with Crippen molar-refractivity contribution in [1.82, 2.24) is 0 Å². The summed E-state index contributed by atoms with van der Waals surface area (Å²) >= 11 is 0. The SMILES string of the molecule is CC(C)=CC(=O)Nc1ccccc1-c1ccccc1. The minimum absolute atomic E-state index is 0.0941. The quantitative estimate of drug-likeness (QED) is 0.811. The van der Waals surface area contributed by atoms with E-state index in [2.05, 4.69) is 5.32 Å². The number of anilines is 1. The summed E-state index contributed by atoms with van der Waals surface area (Å²) in [5.41, 5.74) is 3.93. The Morgan fingerprint density at radius 3 is 2.26 bits per heavy atom. The molecule has 0 fully saturated rings. The van der Waals surface area contributed by atoms with Gasteiger partial charge in [-0.1, -0.05) is 54.1 Å². The molecule has 2 heteroatoms. The van der Waals surface area contributed by atoms with Gasteiger partial charge < -0.3 is 5.32 Å². The molecule has 0 bridgehead atoms. The van der Waals surface area contributed by atoms with E-state index in [0.29, 0.717) is 0 Å². The Balaban J connectivity index is 2.32. The molecule has 0 aliphatic carbocycles. The lowest BCUT2D eigenvalue weighted by molar-refractivity contribution is -0.111. The van der Waals surface area contributed by atoms with Crippen LogP contribution in [0.2, 0.25) is 0 Å². The monoisotopic (exact) mass is 251 g/mol. The minimum atomic E-state index is -0.0941. The second-order valence-electron chi connectivity index (χ2n) is 4.62. The average molecular weight is 251 g/mol. The van der Waals surface area contributed by atoms with Crippen molar-refractivity contribution in [3.05, 3.63) is 66.2 Å². The summed E-state index contributed by atoms with van der Waals surface area (Å²) < 4.78 is 0. The van der Waals surface area contributed by atoms with Gasteiger partial charge in [-0.15, -0.1) is 0 Å². The number of nitrogens with one attached hydrogen (secondary N) is 1. The van der Waals surface area contributed by atoms with E-state index in [9.17, 15) is 4.79 Å². The third-order valence-electron chi connectivity index (χ3n) is 2.69. The molecule has 0 aromatic heterocycles. The fraction of sp³-hybridized carbons (Fsp3) is 0.118. The molecule has 96 valence electrons. The highest BCUT2D eigenvalue weighted by Crippen LogP contribution is 2.27. The summed E-state index contributed by atoms with van der Waals surface area (Å²) in [5.74, 6) is -0.0941. The van der Waals surface area contributed by atoms with Crippen molar-refractivity contribution < 1.29 is 4.79 Å².